The number of pyridine rings is 1. The van der Waals surface area contributed by atoms with Crippen LogP contribution in [0.2, 0.25) is 0 Å². The van der Waals surface area contributed by atoms with Crippen LogP contribution in [0.1, 0.15) is 12.0 Å². The van der Waals surface area contributed by atoms with Crippen molar-refractivity contribution in [2.45, 2.75) is 18.9 Å². The number of aromatic nitrogens is 1. The number of nitrogens with zero attached hydrogens (tertiary/aromatic N) is 1. The van der Waals surface area contributed by atoms with Crippen LogP contribution in [0, 0.1) is 0 Å². The molecular weight excluding hydrogens is 252 g/mol. The van der Waals surface area contributed by atoms with Gasteiger partial charge in [0.1, 0.15) is 5.75 Å². The van der Waals surface area contributed by atoms with E-state index in [9.17, 15) is 0 Å². The number of hydrogen-bond donors (Lipinski definition) is 3. The van der Waals surface area contributed by atoms with E-state index >= 15 is 0 Å². The van der Waals surface area contributed by atoms with Crippen LogP contribution >= 0.6 is 0 Å². The zero-order chi connectivity index (χ0) is 14.2. The molecule has 0 radical (unpaired) electrons. The van der Waals surface area contributed by atoms with Crippen LogP contribution in [-0.4, -0.2) is 17.6 Å². The average Bonchev–Trinajstić information content (AvgIpc) is 2.49. The summed E-state index contributed by atoms with van der Waals surface area (Å²) in [5.74, 6) is 6.45. The Balaban J connectivity index is 1.82. The summed E-state index contributed by atoms with van der Waals surface area (Å²) in [7, 11) is 0. The minimum Gasteiger partial charge on any atom is -0.494 e. The number of nitrogen functional groups attached to an aromatic ring is 1. The Morgan fingerprint density at radius 1 is 1.20 bits per heavy atom. The molecule has 0 saturated carbocycles. The molecule has 0 aliphatic carbocycles. The highest BCUT2D eigenvalue weighted by molar-refractivity contribution is 5.44. The van der Waals surface area contributed by atoms with E-state index in [1.807, 2.05) is 30.3 Å². The number of benzene rings is 1. The van der Waals surface area contributed by atoms with Gasteiger partial charge < -0.3 is 10.5 Å². The number of rotatable bonds is 7. The third-order valence-electron chi connectivity index (χ3n) is 3.12. The molecule has 0 bridgehead atoms. The van der Waals surface area contributed by atoms with Crippen LogP contribution in [0.5, 0.6) is 5.75 Å². The monoisotopic (exact) mass is 272 g/mol. The molecule has 1 aromatic heterocycles. The highest BCUT2D eigenvalue weighted by Gasteiger charge is 2.10. The molecule has 1 aromatic carbocycles. The number of nitrogens with one attached hydrogen (secondary N) is 1. The van der Waals surface area contributed by atoms with Crippen molar-refractivity contribution in [3.8, 4) is 5.75 Å². The Morgan fingerprint density at radius 2 is 2.00 bits per heavy atom. The fourth-order valence-electron chi connectivity index (χ4n) is 1.95. The van der Waals surface area contributed by atoms with Gasteiger partial charge in [0, 0.05) is 24.1 Å². The van der Waals surface area contributed by atoms with Crippen LogP contribution < -0.4 is 21.7 Å². The minimum atomic E-state index is 0.102. The van der Waals surface area contributed by atoms with E-state index in [-0.39, 0.29) is 6.04 Å². The van der Waals surface area contributed by atoms with E-state index in [1.54, 1.807) is 18.5 Å². The van der Waals surface area contributed by atoms with Gasteiger partial charge in [-0.25, -0.2) is 0 Å². The zero-order valence-corrected chi connectivity index (χ0v) is 11.3. The van der Waals surface area contributed by atoms with E-state index in [4.69, 9.17) is 16.3 Å². The third-order valence-corrected chi connectivity index (χ3v) is 3.12. The molecule has 5 nitrogen and oxygen atoms in total. The van der Waals surface area contributed by atoms with Gasteiger partial charge in [0.05, 0.1) is 6.61 Å². The molecule has 20 heavy (non-hydrogen) atoms. The normalized spacial score (nSPS) is 12.1. The van der Waals surface area contributed by atoms with Crippen molar-refractivity contribution in [3.63, 3.8) is 0 Å². The Hall–Kier alpha value is -2.11. The van der Waals surface area contributed by atoms with E-state index in [0.29, 0.717) is 6.61 Å². The van der Waals surface area contributed by atoms with E-state index in [1.165, 1.54) is 0 Å². The number of hydrogen-bond acceptors (Lipinski definition) is 5. The Bertz CT molecular complexity index is 518. The van der Waals surface area contributed by atoms with Gasteiger partial charge in [0.2, 0.25) is 0 Å². The van der Waals surface area contributed by atoms with Crippen molar-refractivity contribution in [2.24, 2.45) is 5.84 Å². The first kappa shape index (κ1) is 14.3. The summed E-state index contributed by atoms with van der Waals surface area (Å²) in [6.45, 7) is 0.596. The lowest BCUT2D eigenvalue weighted by atomic mass is 10.0. The van der Waals surface area contributed by atoms with Gasteiger partial charge in [-0.15, -0.1) is 0 Å². The molecule has 5 N–H and O–H groups in total. The lowest BCUT2D eigenvalue weighted by Crippen LogP contribution is -2.38. The number of ether oxygens (including phenoxy) is 1. The molecule has 0 aliphatic heterocycles. The molecule has 1 unspecified atom stereocenters. The summed E-state index contributed by atoms with van der Waals surface area (Å²) in [5.41, 5.74) is 10.4. The minimum absolute atomic E-state index is 0.102. The molecule has 2 rings (SSSR count). The van der Waals surface area contributed by atoms with Gasteiger partial charge in [0.15, 0.2) is 0 Å². The van der Waals surface area contributed by atoms with Gasteiger partial charge in [-0.2, -0.15) is 0 Å². The number of nitrogens with two attached hydrogens (primary N) is 2. The number of anilines is 1. The second-order valence-electron chi connectivity index (χ2n) is 4.59. The maximum absolute atomic E-state index is 5.90. The van der Waals surface area contributed by atoms with Crippen LogP contribution in [-0.2, 0) is 6.42 Å². The molecule has 0 amide bonds. The second kappa shape index (κ2) is 7.47. The highest BCUT2D eigenvalue weighted by Crippen LogP contribution is 2.13. The molecule has 1 heterocycles. The summed E-state index contributed by atoms with van der Waals surface area (Å²) < 4.78 is 5.66. The summed E-state index contributed by atoms with van der Waals surface area (Å²) in [4.78, 5) is 4.08. The third kappa shape index (κ3) is 4.22. The van der Waals surface area contributed by atoms with Gasteiger partial charge in [-0.1, -0.05) is 18.2 Å². The first-order chi connectivity index (χ1) is 9.79. The second-order valence-corrected chi connectivity index (χ2v) is 4.59. The van der Waals surface area contributed by atoms with Crippen LogP contribution in [0.4, 0.5) is 5.69 Å². The largest absolute Gasteiger partial charge is 0.494 e. The molecule has 0 aliphatic rings. The first-order valence-corrected chi connectivity index (χ1v) is 6.62. The molecule has 1 atom stereocenters. The van der Waals surface area contributed by atoms with Gasteiger partial charge in [0.25, 0.3) is 0 Å². The Morgan fingerprint density at radius 3 is 2.70 bits per heavy atom. The van der Waals surface area contributed by atoms with Crippen molar-refractivity contribution < 1.29 is 4.74 Å². The van der Waals surface area contributed by atoms with E-state index in [2.05, 4.69) is 10.4 Å². The topological polar surface area (TPSA) is 86.2 Å². The molecule has 2 aromatic rings. The lowest BCUT2D eigenvalue weighted by Gasteiger charge is -2.17. The maximum atomic E-state index is 5.90. The SMILES string of the molecule is NNC(CCOc1ccccc1)Cc1cnccc1N. The predicted molar refractivity (Wildman–Crippen MR) is 80.0 cm³/mol. The molecular formula is C15H20N4O. The smallest absolute Gasteiger partial charge is 0.119 e. The molecule has 5 heteroatoms. The van der Waals surface area contributed by atoms with Crippen LogP contribution in [0.25, 0.3) is 0 Å². The fourth-order valence-corrected chi connectivity index (χ4v) is 1.95. The van der Waals surface area contributed by atoms with Crippen molar-refractivity contribution >= 4 is 5.69 Å². The predicted octanol–water partition coefficient (Wildman–Crippen LogP) is 1.51. The summed E-state index contributed by atoms with van der Waals surface area (Å²) >= 11 is 0. The maximum Gasteiger partial charge on any atom is 0.119 e. The van der Waals surface area contributed by atoms with Gasteiger partial charge >= 0.3 is 0 Å². The molecule has 0 fully saturated rings. The molecule has 0 saturated heterocycles. The quantitative estimate of drug-likeness (QED) is 0.525. The van der Waals surface area contributed by atoms with Crippen LogP contribution in [0.3, 0.4) is 0 Å². The summed E-state index contributed by atoms with van der Waals surface area (Å²) in [6, 6.07) is 11.6. The Kier molecular flexibility index (Phi) is 5.34. The summed E-state index contributed by atoms with van der Waals surface area (Å²) in [5, 5.41) is 0. The van der Waals surface area contributed by atoms with E-state index < -0.39 is 0 Å². The lowest BCUT2D eigenvalue weighted by molar-refractivity contribution is 0.285. The fraction of sp³-hybridized carbons (Fsp3) is 0.267. The van der Waals surface area contributed by atoms with Crippen molar-refractivity contribution in [3.05, 3.63) is 54.4 Å². The standard InChI is InChI=1S/C15H20N4O/c16-15-6-8-18-11-12(15)10-13(19-17)7-9-20-14-4-2-1-3-5-14/h1-6,8,11,13,19H,7,9-10,17H2,(H2,16,18). The summed E-state index contributed by atoms with van der Waals surface area (Å²) in [6.07, 6.45) is 4.98. The van der Waals surface area contributed by atoms with Crippen molar-refractivity contribution in [1.29, 1.82) is 0 Å². The van der Waals surface area contributed by atoms with Gasteiger partial charge in [-0.05, 0) is 36.6 Å². The van der Waals surface area contributed by atoms with Crippen LogP contribution in [0.15, 0.2) is 48.8 Å². The molecule has 0 spiro atoms. The van der Waals surface area contributed by atoms with E-state index in [0.717, 1.165) is 29.8 Å². The first-order valence-electron chi connectivity index (χ1n) is 6.62. The number of hydrazine groups is 1. The van der Waals surface area contributed by atoms with Crippen molar-refractivity contribution in [1.82, 2.24) is 10.4 Å². The zero-order valence-electron chi connectivity index (χ0n) is 11.3. The number of para-hydroxylation sites is 1. The van der Waals surface area contributed by atoms with Gasteiger partial charge in [-0.3, -0.25) is 16.3 Å². The highest BCUT2D eigenvalue weighted by atomic mass is 16.5. The Labute approximate surface area is 118 Å². The van der Waals surface area contributed by atoms with Crippen molar-refractivity contribution in [2.75, 3.05) is 12.3 Å². The average molecular weight is 272 g/mol. The molecule has 106 valence electrons.